The maximum atomic E-state index is 10.3. The normalized spacial score (nSPS) is 11.5. The largest absolute Gasteiger partial charge is 0.478 e. The van der Waals surface area contributed by atoms with E-state index in [2.05, 4.69) is 4.98 Å². The molecule has 2 heterocycles. The van der Waals surface area contributed by atoms with Crippen LogP contribution in [0.25, 0.3) is 11.0 Å². The average Bonchev–Trinajstić information content (AvgIpc) is 2.66. The van der Waals surface area contributed by atoms with Crippen molar-refractivity contribution in [2.45, 2.75) is 6.92 Å². The summed E-state index contributed by atoms with van der Waals surface area (Å²) in [5.74, 6) is -0.951. The van der Waals surface area contributed by atoms with E-state index in [1.807, 2.05) is 16.7 Å². The Morgan fingerprint density at radius 2 is 2.50 bits per heavy atom. The second-order valence-electron chi connectivity index (χ2n) is 2.85. The Morgan fingerprint density at radius 3 is 3.21 bits per heavy atom. The number of hydrogen-bond acceptors (Lipinski definition) is 3. The molecule has 0 radical (unpaired) electrons. The van der Waals surface area contributed by atoms with Crippen LogP contribution in [0, 0.1) is 6.92 Å². The fraction of sp³-hybridized carbons (Fsp3) is 0.111. The molecule has 2 aromatic rings. The molecule has 2 aromatic heterocycles. The minimum Gasteiger partial charge on any atom is -0.478 e. The third-order valence-electron chi connectivity index (χ3n) is 1.84. The second kappa shape index (κ2) is 3.26. The maximum absolute atomic E-state index is 10.3. The van der Waals surface area contributed by atoms with Crippen molar-refractivity contribution in [2.24, 2.45) is 0 Å². The molecule has 2 rings (SSSR count). The van der Waals surface area contributed by atoms with Crippen molar-refractivity contribution in [1.29, 1.82) is 0 Å². The van der Waals surface area contributed by atoms with Gasteiger partial charge in [0.15, 0.2) is 4.96 Å². The predicted molar refractivity (Wildman–Crippen MR) is 54.5 cm³/mol. The summed E-state index contributed by atoms with van der Waals surface area (Å²) in [6.07, 6.45) is 4.32. The average molecular weight is 208 g/mol. The van der Waals surface area contributed by atoms with Gasteiger partial charge in [0.05, 0.1) is 11.9 Å². The number of imidazole rings is 1. The highest BCUT2D eigenvalue weighted by Crippen LogP contribution is 2.17. The molecule has 72 valence electrons. The van der Waals surface area contributed by atoms with Gasteiger partial charge in [-0.15, -0.1) is 11.3 Å². The molecule has 14 heavy (non-hydrogen) atoms. The zero-order chi connectivity index (χ0) is 10.1. The van der Waals surface area contributed by atoms with Crippen molar-refractivity contribution >= 4 is 28.3 Å². The van der Waals surface area contributed by atoms with Crippen LogP contribution in [0.5, 0.6) is 0 Å². The van der Waals surface area contributed by atoms with Crippen molar-refractivity contribution in [1.82, 2.24) is 9.38 Å². The highest BCUT2D eigenvalue weighted by molar-refractivity contribution is 7.15. The standard InChI is InChI=1S/C9H8N2O2S/c1-6-5-14-9-10-4-7(11(6)9)2-3-8(12)13/h2-5H,1H3,(H,12,13)/b3-2+. The fourth-order valence-electron chi connectivity index (χ4n) is 1.25. The van der Waals surface area contributed by atoms with E-state index in [0.29, 0.717) is 0 Å². The fourth-order valence-corrected chi connectivity index (χ4v) is 2.10. The van der Waals surface area contributed by atoms with E-state index in [1.165, 1.54) is 11.3 Å². The molecule has 0 aliphatic rings. The van der Waals surface area contributed by atoms with Crippen LogP contribution >= 0.6 is 11.3 Å². The minimum absolute atomic E-state index is 0.793. The van der Waals surface area contributed by atoms with Gasteiger partial charge in [0.1, 0.15) is 0 Å². The lowest BCUT2D eigenvalue weighted by Gasteiger charge is -1.92. The molecule has 0 fully saturated rings. The van der Waals surface area contributed by atoms with E-state index >= 15 is 0 Å². The van der Waals surface area contributed by atoms with Crippen LogP contribution in [0.1, 0.15) is 11.4 Å². The lowest BCUT2D eigenvalue weighted by Crippen LogP contribution is -1.89. The van der Waals surface area contributed by atoms with Crippen molar-refractivity contribution in [2.75, 3.05) is 0 Å². The lowest BCUT2D eigenvalue weighted by atomic mass is 10.4. The lowest BCUT2D eigenvalue weighted by molar-refractivity contribution is -0.131. The van der Waals surface area contributed by atoms with Crippen molar-refractivity contribution in [3.05, 3.63) is 29.0 Å². The van der Waals surface area contributed by atoms with E-state index in [4.69, 9.17) is 5.11 Å². The van der Waals surface area contributed by atoms with Gasteiger partial charge in [-0.3, -0.25) is 4.40 Å². The molecule has 1 N–H and O–H groups in total. The summed E-state index contributed by atoms with van der Waals surface area (Å²) in [4.78, 5) is 15.4. The highest BCUT2D eigenvalue weighted by Gasteiger charge is 2.04. The van der Waals surface area contributed by atoms with Gasteiger partial charge in [0.25, 0.3) is 0 Å². The van der Waals surface area contributed by atoms with Crippen LogP contribution in [0.15, 0.2) is 17.7 Å². The smallest absolute Gasteiger partial charge is 0.328 e. The number of hydrogen-bond donors (Lipinski definition) is 1. The molecule has 0 unspecified atom stereocenters. The van der Waals surface area contributed by atoms with Crippen molar-refractivity contribution < 1.29 is 9.90 Å². The predicted octanol–water partition coefficient (Wildman–Crippen LogP) is 1.80. The summed E-state index contributed by atoms with van der Waals surface area (Å²) in [6, 6.07) is 0. The second-order valence-corrected chi connectivity index (χ2v) is 3.69. The van der Waals surface area contributed by atoms with Crippen LogP contribution < -0.4 is 0 Å². The van der Waals surface area contributed by atoms with Gasteiger partial charge in [0, 0.05) is 17.2 Å². The molecular formula is C9H8N2O2S. The summed E-state index contributed by atoms with van der Waals surface area (Å²) in [7, 11) is 0. The van der Waals surface area contributed by atoms with Crippen LogP contribution in [-0.2, 0) is 4.79 Å². The highest BCUT2D eigenvalue weighted by atomic mass is 32.1. The molecule has 0 saturated carbocycles. The molecule has 0 atom stereocenters. The number of carboxylic acids is 1. The number of carbonyl (C=O) groups is 1. The molecule has 0 aromatic carbocycles. The third-order valence-corrected chi connectivity index (χ3v) is 2.80. The molecule has 0 aliphatic carbocycles. The number of carboxylic acid groups (broad SMARTS) is 1. The van der Waals surface area contributed by atoms with Crippen molar-refractivity contribution in [3.8, 4) is 0 Å². The zero-order valence-corrected chi connectivity index (χ0v) is 8.28. The van der Waals surface area contributed by atoms with Crippen LogP contribution in [0.2, 0.25) is 0 Å². The summed E-state index contributed by atoms with van der Waals surface area (Å²) >= 11 is 1.54. The van der Waals surface area contributed by atoms with E-state index < -0.39 is 5.97 Å². The number of aliphatic carboxylic acids is 1. The monoisotopic (exact) mass is 208 g/mol. The number of aryl methyl sites for hydroxylation is 1. The Kier molecular flexibility index (Phi) is 2.09. The number of fused-ring (bicyclic) bond motifs is 1. The van der Waals surface area contributed by atoms with Crippen LogP contribution in [0.4, 0.5) is 0 Å². The SMILES string of the molecule is Cc1csc2ncc(/C=C/C(=O)O)n12. The summed E-state index contributed by atoms with van der Waals surface area (Å²) in [6.45, 7) is 1.96. The molecule has 0 bridgehead atoms. The molecule has 0 aliphatic heterocycles. The van der Waals surface area contributed by atoms with E-state index in [9.17, 15) is 4.79 Å². The molecule has 0 amide bonds. The zero-order valence-electron chi connectivity index (χ0n) is 7.47. The van der Waals surface area contributed by atoms with E-state index in [1.54, 1.807) is 12.3 Å². The Bertz CT molecular complexity index is 510. The molecular weight excluding hydrogens is 200 g/mol. The van der Waals surface area contributed by atoms with E-state index in [-0.39, 0.29) is 0 Å². The van der Waals surface area contributed by atoms with Gasteiger partial charge >= 0.3 is 5.97 Å². The van der Waals surface area contributed by atoms with Gasteiger partial charge in [0.2, 0.25) is 0 Å². The number of aromatic nitrogens is 2. The van der Waals surface area contributed by atoms with Gasteiger partial charge in [-0.25, -0.2) is 9.78 Å². The van der Waals surface area contributed by atoms with Gasteiger partial charge in [-0.05, 0) is 13.0 Å². The van der Waals surface area contributed by atoms with E-state index in [0.717, 1.165) is 22.4 Å². The van der Waals surface area contributed by atoms with Crippen LogP contribution in [-0.4, -0.2) is 20.5 Å². The first-order valence-electron chi connectivity index (χ1n) is 4.01. The molecule has 5 heteroatoms. The molecule has 0 saturated heterocycles. The summed E-state index contributed by atoms with van der Waals surface area (Å²) in [5, 5.41) is 10.5. The molecule has 4 nitrogen and oxygen atoms in total. The quantitative estimate of drug-likeness (QED) is 0.765. The molecule has 0 spiro atoms. The Morgan fingerprint density at radius 1 is 1.71 bits per heavy atom. The Balaban J connectivity index is 2.51. The third kappa shape index (κ3) is 1.42. The first-order valence-corrected chi connectivity index (χ1v) is 4.89. The van der Waals surface area contributed by atoms with Gasteiger partial charge in [-0.2, -0.15) is 0 Å². The number of thiazole rings is 1. The number of nitrogens with zero attached hydrogens (tertiary/aromatic N) is 2. The Hall–Kier alpha value is -1.62. The minimum atomic E-state index is -0.951. The number of rotatable bonds is 2. The first kappa shape index (κ1) is 8.96. The van der Waals surface area contributed by atoms with Crippen molar-refractivity contribution in [3.63, 3.8) is 0 Å². The van der Waals surface area contributed by atoms with Crippen LogP contribution in [0.3, 0.4) is 0 Å². The van der Waals surface area contributed by atoms with Gasteiger partial charge in [-0.1, -0.05) is 0 Å². The van der Waals surface area contributed by atoms with Gasteiger partial charge < -0.3 is 5.11 Å². The topological polar surface area (TPSA) is 54.6 Å². The maximum Gasteiger partial charge on any atom is 0.328 e. The summed E-state index contributed by atoms with van der Waals surface area (Å²) in [5.41, 5.74) is 1.86. The first-order chi connectivity index (χ1) is 6.68. The summed E-state index contributed by atoms with van der Waals surface area (Å²) < 4.78 is 1.92. The Labute approximate surface area is 84.1 Å².